The number of aromatic nitrogens is 5. The molecule has 0 unspecified atom stereocenters. The second-order valence-corrected chi connectivity index (χ2v) is 3.92. The van der Waals surface area contributed by atoms with Crippen LogP contribution in [0.2, 0.25) is 0 Å². The molecule has 1 N–H and O–H groups in total. The van der Waals surface area contributed by atoms with E-state index >= 15 is 0 Å². The van der Waals surface area contributed by atoms with E-state index in [1.807, 2.05) is 13.2 Å². The van der Waals surface area contributed by atoms with E-state index in [1.54, 1.807) is 23.1 Å². The molecule has 0 amide bonds. The predicted octanol–water partition coefficient (Wildman–Crippen LogP) is 0.689. The van der Waals surface area contributed by atoms with Crippen LogP contribution in [0.1, 0.15) is 11.6 Å². The van der Waals surface area contributed by atoms with Gasteiger partial charge in [0.2, 0.25) is 5.89 Å². The molecule has 3 aromatic heterocycles. The summed E-state index contributed by atoms with van der Waals surface area (Å²) < 4.78 is 12.3. The highest BCUT2D eigenvalue weighted by molar-refractivity contribution is 5.42. The first-order valence-electron chi connectivity index (χ1n) is 5.75. The number of nitrogens with one attached hydrogen (secondary N) is 1. The van der Waals surface area contributed by atoms with Crippen molar-refractivity contribution in [2.24, 2.45) is 0 Å². The van der Waals surface area contributed by atoms with Gasteiger partial charge in [-0.05, 0) is 19.2 Å². The molecule has 0 bridgehead atoms. The van der Waals surface area contributed by atoms with Gasteiger partial charge in [0.25, 0.3) is 5.89 Å². The standard InChI is InChI=1S/C11H12N6O2/c1-12-5-8-6-17(16-13-8)7-10-14-15-11(19-10)9-3-2-4-18-9/h2-4,6,12H,5,7H2,1H3. The van der Waals surface area contributed by atoms with E-state index < -0.39 is 0 Å². The Morgan fingerprint density at radius 3 is 3.05 bits per heavy atom. The third-order valence-electron chi connectivity index (χ3n) is 2.44. The molecule has 0 fully saturated rings. The van der Waals surface area contributed by atoms with Crippen molar-refractivity contribution in [3.05, 3.63) is 36.2 Å². The highest BCUT2D eigenvalue weighted by Gasteiger charge is 2.11. The van der Waals surface area contributed by atoms with Crippen molar-refractivity contribution in [2.75, 3.05) is 7.05 Å². The Morgan fingerprint density at radius 2 is 2.26 bits per heavy atom. The highest BCUT2D eigenvalue weighted by atomic mass is 16.4. The zero-order valence-electron chi connectivity index (χ0n) is 10.3. The van der Waals surface area contributed by atoms with Crippen LogP contribution in [-0.4, -0.2) is 32.2 Å². The average Bonchev–Trinajstić information content (AvgIpc) is 3.10. The minimum atomic E-state index is 0.357. The van der Waals surface area contributed by atoms with E-state index in [1.165, 1.54) is 0 Å². The van der Waals surface area contributed by atoms with E-state index in [9.17, 15) is 0 Å². The second kappa shape index (κ2) is 5.02. The van der Waals surface area contributed by atoms with Crippen molar-refractivity contribution in [3.8, 4) is 11.7 Å². The topological polar surface area (TPSA) is 94.8 Å². The Balaban J connectivity index is 1.72. The maximum Gasteiger partial charge on any atom is 0.283 e. The minimum Gasteiger partial charge on any atom is -0.459 e. The van der Waals surface area contributed by atoms with Crippen LogP contribution in [0.15, 0.2) is 33.4 Å². The second-order valence-electron chi connectivity index (χ2n) is 3.92. The predicted molar refractivity (Wildman–Crippen MR) is 63.9 cm³/mol. The summed E-state index contributed by atoms with van der Waals surface area (Å²) in [4.78, 5) is 0. The molecule has 19 heavy (non-hydrogen) atoms. The molecule has 0 aliphatic rings. The quantitative estimate of drug-likeness (QED) is 0.721. The highest BCUT2D eigenvalue weighted by Crippen LogP contribution is 2.17. The van der Waals surface area contributed by atoms with Crippen LogP contribution in [0.5, 0.6) is 0 Å². The lowest BCUT2D eigenvalue weighted by molar-refractivity contribution is 0.454. The molecule has 0 spiro atoms. The van der Waals surface area contributed by atoms with Crippen LogP contribution >= 0.6 is 0 Å². The van der Waals surface area contributed by atoms with Crippen molar-refractivity contribution in [1.29, 1.82) is 0 Å². The molecule has 0 radical (unpaired) electrons. The molecular formula is C11H12N6O2. The monoisotopic (exact) mass is 260 g/mol. The fraction of sp³-hybridized carbons (Fsp3) is 0.273. The number of rotatable bonds is 5. The van der Waals surface area contributed by atoms with E-state index in [4.69, 9.17) is 8.83 Å². The molecular weight excluding hydrogens is 248 g/mol. The number of hydrogen-bond acceptors (Lipinski definition) is 7. The first kappa shape index (κ1) is 11.6. The summed E-state index contributed by atoms with van der Waals surface area (Å²) >= 11 is 0. The van der Waals surface area contributed by atoms with Gasteiger partial charge in [0.1, 0.15) is 6.54 Å². The molecule has 3 rings (SSSR count). The van der Waals surface area contributed by atoms with Crippen molar-refractivity contribution in [1.82, 2.24) is 30.5 Å². The first-order chi connectivity index (χ1) is 9.35. The maximum atomic E-state index is 5.48. The fourth-order valence-electron chi connectivity index (χ4n) is 1.63. The van der Waals surface area contributed by atoms with Gasteiger partial charge in [0.05, 0.1) is 18.2 Å². The molecule has 8 nitrogen and oxygen atoms in total. The third kappa shape index (κ3) is 2.52. The van der Waals surface area contributed by atoms with Crippen LogP contribution in [0.3, 0.4) is 0 Å². The fourth-order valence-corrected chi connectivity index (χ4v) is 1.63. The molecule has 8 heteroatoms. The summed E-state index contributed by atoms with van der Waals surface area (Å²) in [6, 6.07) is 3.53. The maximum absolute atomic E-state index is 5.48. The van der Waals surface area contributed by atoms with Gasteiger partial charge >= 0.3 is 0 Å². The normalized spacial score (nSPS) is 11.0. The van der Waals surface area contributed by atoms with Crippen LogP contribution in [-0.2, 0) is 13.1 Å². The number of hydrogen-bond donors (Lipinski definition) is 1. The summed E-state index contributed by atoms with van der Waals surface area (Å²) in [5.41, 5.74) is 0.855. The van der Waals surface area contributed by atoms with Gasteiger partial charge in [-0.25, -0.2) is 4.68 Å². The van der Waals surface area contributed by atoms with Crippen LogP contribution in [0, 0.1) is 0 Å². The number of nitrogens with zero attached hydrogens (tertiary/aromatic N) is 5. The van der Waals surface area contributed by atoms with Gasteiger partial charge in [0.15, 0.2) is 5.76 Å². The Kier molecular flexibility index (Phi) is 3.07. The smallest absolute Gasteiger partial charge is 0.283 e. The first-order valence-corrected chi connectivity index (χ1v) is 5.75. The van der Waals surface area contributed by atoms with Crippen molar-refractivity contribution >= 4 is 0 Å². The lowest BCUT2D eigenvalue weighted by Crippen LogP contribution is -2.05. The summed E-state index contributed by atoms with van der Waals surface area (Å²) in [5.74, 6) is 1.36. The molecule has 98 valence electrons. The van der Waals surface area contributed by atoms with Crippen LogP contribution in [0.25, 0.3) is 11.7 Å². The van der Waals surface area contributed by atoms with E-state index in [0.717, 1.165) is 5.69 Å². The average molecular weight is 260 g/mol. The van der Waals surface area contributed by atoms with Crippen molar-refractivity contribution < 1.29 is 8.83 Å². The molecule has 0 saturated heterocycles. The molecule has 3 aromatic rings. The minimum absolute atomic E-state index is 0.357. The SMILES string of the molecule is CNCc1cn(Cc2nnc(-c3ccco3)o2)nn1. The lowest BCUT2D eigenvalue weighted by atomic mass is 10.4. The molecule has 3 heterocycles. The van der Waals surface area contributed by atoms with Crippen molar-refractivity contribution in [3.63, 3.8) is 0 Å². The summed E-state index contributed by atoms with van der Waals surface area (Å²) in [5, 5.41) is 18.8. The third-order valence-corrected chi connectivity index (χ3v) is 2.44. The molecule has 0 aromatic carbocycles. The van der Waals surface area contributed by atoms with Gasteiger partial charge in [0, 0.05) is 6.54 Å². The van der Waals surface area contributed by atoms with Gasteiger partial charge in [-0.2, -0.15) is 0 Å². The zero-order chi connectivity index (χ0) is 13.1. The van der Waals surface area contributed by atoms with Crippen LogP contribution < -0.4 is 5.32 Å². The molecule has 0 atom stereocenters. The summed E-state index contributed by atoms with van der Waals surface area (Å²) in [6.07, 6.45) is 3.38. The Bertz CT molecular complexity index is 642. The Morgan fingerprint density at radius 1 is 1.32 bits per heavy atom. The van der Waals surface area contributed by atoms with Gasteiger partial charge < -0.3 is 14.2 Å². The molecule has 0 aliphatic heterocycles. The zero-order valence-corrected chi connectivity index (χ0v) is 10.3. The molecule has 0 saturated carbocycles. The summed E-state index contributed by atoms with van der Waals surface area (Å²) in [6.45, 7) is 1.05. The van der Waals surface area contributed by atoms with E-state index in [2.05, 4.69) is 25.8 Å². The van der Waals surface area contributed by atoms with Crippen LogP contribution in [0.4, 0.5) is 0 Å². The van der Waals surface area contributed by atoms with Gasteiger partial charge in [-0.3, -0.25) is 0 Å². The Labute approximate surface area is 108 Å². The molecule has 0 aliphatic carbocycles. The van der Waals surface area contributed by atoms with Gasteiger partial charge in [-0.1, -0.05) is 5.21 Å². The summed E-state index contributed by atoms with van der Waals surface area (Å²) in [7, 11) is 1.85. The number of furan rings is 1. The Hall–Kier alpha value is -2.48. The van der Waals surface area contributed by atoms with Crippen molar-refractivity contribution in [2.45, 2.75) is 13.1 Å². The lowest BCUT2D eigenvalue weighted by Gasteiger charge is -1.93. The van der Waals surface area contributed by atoms with E-state index in [-0.39, 0.29) is 0 Å². The largest absolute Gasteiger partial charge is 0.459 e. The van der Waals surface area contributed by atoms with E-state index in [0.29, 0.717) is 30.6 Å². The van der Waals surface area contributed by atoms with Gasteiger partial charge in [-0.15, -0.1) is 15.3 Å².